The summed E-state index contributed by atoms with van der Waals surface area (Å²) in [6.07, 6.45) is 1.13. The van der Waals surface area contributed by atoms with Crippen molar-refractivity contribution in [2.45, 2.75) is 18.7 Å². The number of aryl methyl sites for hydroxylation is 1. The van der Waals surface area contributed by atoms with Crippen LogP contribution in [0.15, 0.2) is 24.3 Å². The Kier molecular flexibility index (Phi) is 4.37. The van der Waals surface area contributed by atoms with E-state index in [0.29, 0.717) is 15.0 Å². The van der Waals surface area contributed by atoms with Gasteiger partial charge in [0.15, 0.2) is 0 Å². The van der Waals surface area contributed by atoms with Gasteiger partial charge >= 0.3 is 80.2 Å². The van der Waals surface area contributed by atoms with Gasteiger partial charge in [0.25, 0.3) is 0 Å². The summed E-state index contributed by atoms with van der Waals surface area (Å²) in [7, 11) is 0. The summed E-state index contributed by atoms with van der Waals surface area (Å²) in [4.78, 5) is 0. The molecule has 0 saturated heterocycles. The monoisotopic (exact) mass is 229 g/mol. The maximum atomic E-state index is 5.45. The van der Waals surface area contributed by atoms with E-state index in [0.717, 1.165) is 18.3 Å². The zero-order valence-electron chi connectivity index (χ0n) is 7.42. The van der Waals surface area contributed by atoms with Crippen LogP contribution in [0.4, 0.5) is 0 Å². The van der Waals surface area contributed by atoms with Crippen LogP contribution in [0.1, 0.15) is 12.5 Å². The van der Waals surface area contributed by atoms with Gasteiger partial charge in [0, 0.05) is 0 Å². The topological polar surface area (TPSA) is 26.0 Å². The molecule has 12 heavy (non-hydrogen) atoms. The standard InChI is InChI=1S/C10H15NSe/c1-2-9-3-5-10(6-4-9)12-8-7-11/h3-6H,2,7-8,11H2,1H3. The van der Waals surface area contributed by atoms with Gasteiger partial charge in [0.1, 0.15) is 0 Å². The molecule has 0 heterocycles. The molecule has 0 atom stereocenters. The van der Waals surface area contributed by atoms with Crippen LogP contribution in [-0.2, 0) is 6.42 Å². The summed E-state index contributed by atoms with van der Waals surface area (Å²) in [5, 5.41) is 1.15. The quantitative estimate of drug-likeness (QED) is 0.763. The average Bonchev–Trinajstić information content (AvgIpc) is 2.15. The van der Waals surface area contributed by atoms with Crippen LogP contribution >= 0.6 is 0 Å². The maximum absolute atomic E-state index is 5.45. The van der Waals surface area contributed by atoms with Crippen molar-refractivity contribution in [1.82, 2.24) is 0 Å². The van der Waals surface area contributed by atoms with Crippen molar-refractivity contribution >= 4 is 19.4 Å². The first-order valence-electron chi connectivity index (χ1n) is 4.28. The predicted octanol–water partition coefficient (Wildman–Crippen LogP) is 0.955. The van der Waals surface area contributed by atoms with E-state index in [-0.39, 0.29) is 0 Å². The van der Waals surface area contributed by atoms with Crippen molar-refractivity contribution in [2.75, 3.05) is 6.54 Å². The zero-order chi connectivity index (χ0) is 8.81. The number of benzene rings is 1. The van der Waals surface area contributed by atoms with Crippen molar-refractivity contribution in [3.05, 3.63) is 29.8 Å². The van der Waals surface area contributed by atoms with Crippen LogP contribution < -0.4 is 10.2 Å². The molecule has 2 heteroatoms. The Balaban J connectivity index is 2.53. The molecule has 0 aliphatic heterocycles. The Morgan fingerprint density at radius 3 is 2.42 bits per heavy atom. The molecule has 0 unspecified atom stereocenters. The van der Waals surface area contributed by atoms with Crippen molar-refractivity contribution < 1.29 is 0 Å². The van der Waals surface area contributed by atoms with E-state index in [1.54, 1.807) is 0 Å². The molecule has 0 bridgehead atoms. The molecule has 66 valence electrons. The van der Waals surface area contributed by atoms with Gasteiger partial charge in [-0.05, 0) is 0 Å². The normalized spacial score (nSPS) is 10.2. The van der Waals surface area contributed by atoms with Gasteiger partial charge in [-0.15, -0.1) is 0 Å². The van der Waals surface area contributed by atoms with Gasteiger partial charge in [-0.2, -0.15) is 0 Å². The van der Waals surface area contributed by atoms with Crippen molar-refractivity contribution in [3.63, 3.8) is 0 Å². The Labute approximate surface area is 80.5 Å². The molecule has 0 aliphatic rings. The van der Waals surface area contributed by atoms with Gasteiger partial charge in [0.05, 0.1) is 0 Å². The molecule has 1 rings (SSSR count). The first-order chi connectivity index (χ1) is 5.86. The summed E-state index contributed by atoms with van der Waals surface area (Å²) in [5.74, 6) is 0. The summed E-state index contributed by atoms with van der Waals surface area (Å²) in [5.41, 5.74) is 6.87. The number of nitrogens with two attached hydrogens (primary N) is 1. The molecule has 0 saturated carbocycles. The first kappa shape index (κ1) is 9.78. The number of hydrogen-bond acceptors (Lipinski definition) is 1. The van der Waals surface area contributed by atoms with Gasteiger partial charge in [-0.1, -0.05) is 0 Å². The van der Waals surface area contributed by atoms with Crippen LogP contribution in [0.3, 0.4) is 0 Å². The van der Waals surface area contributed by atoms with E-state index in [9.17, 15) is 0 Å². The van der Waals surface area contributed by atoms with Crippen LogP contribution in [-0.4, -0.2) is 21.5 Å². The fourth-order valence-electron chi connectivity index (χ4n) is 0.998. The molecule has 0 aliphatic carbocycles. The molecular weight excluding hydrogens is 213 g/mol. The Bertz CT molecular complexity index is 218. The van der Waals surface area contributed by atoms with Crippen LogP contribution in [0.25, 0.3) is 0 Å². The third-order valence-electron chi connectivity index (χ3n) is 1.72. The molecule has 0 amide bonds. The summed E-state index contributed by atoms with van der Waals surface area (Å²) < 4.78 is 1.46. The molecule has 2 N–H and O–H groups in total. The van der Waals surface area contributed by atoms with Gasteiger partial charge in [0.2, 0.25) is 0 Å². The average molecular weight is 228 g/mol. The Morgan fingerprint density at radius 1 is 1.25 bits per heavy atom. The second-order valence-electron chi connectivity index (χ2n) is 2.63. The number of hydrogen-bond donors (Lipinski definition) is 1. The minimum absolute atomic E-state index is 0.584. The molecule has 0 fully saturated rings. The molecule has 1 nitrogen and oxygen atoms in total. The van der Waals surface area contributed by atoms with Crippen LogP contribution in [0.5, 0.6) is 0 Å². The fourth-order valence-corrected chi connectivity index (χ4v) is 2.43. The molecule has 0 aromatic heterocycles. The van der Waals surface area contributed by atoms with E-state index in [1.165, 1.54) is 10.0 Å². The van der Waals surface area contributed by atoms with Gasteiger partial charge < -0.3 is 0 Å². The molecule has 1 aromatic carbocycles. The predicted molar refractivity (Wildman–Crippen MR) is 55.1 cm³/mol. The van der Waals surface area contributed by atoms with E-state index >= 15 is 0 Å². The Hall–Kier alpha value is -0.301. The van der Waals surface area contributed by atoms with Gasteiger partial charge in [-0.3, -0.25) is 0 Å². The molecule has 0 radical (unpaired) electrons. The summed E-state index contributed by atoms with van der Waals surface area (Å²) in [6, 6.07) is 8.89. The van der Waals surface area contributed by atoms with Gasteiger partial charge in [-0.25, -0.2) is 0 Å². The second kappa shape index (κ2) is 5.36. The second-order valence-corrected chi connectivity index (χ2v) is 5.09. The third-order valence-corrected chi connectivity index (χ3v) is 3.91. The van der Waals surface area contributed by atoms with E-state index in [1.807, 2.05) is 0 Å². The first-order valence-corrected chi connectivity index (χ1v) is 6.35. The van der Waals surface area contributed by atoms with E-state index in [4.69, 9.17) is 5.73 Å². The van der Waals surface area contributed by atoms with E-state index < -0.39 is 0 Å². The Morgan fingerprint density at radius 2 is 1.92 bits per heavy atom. The van der Waals surface area contributed by atoms with Crippen LogP contribution in [0.2, 0.25) is 5.32 Å². The minimum atomic E-state index is 0.584. The van der Waals surface area contributed by atoms with E-state index in [2.05, 4.69) is 31.2 Å². The molecule has 0 spiro atoms. The summed E-state index contributed by atoms with van der Waals surface area (Å²) in [6.45, 7) is 3.00. The third kappa shape index (κ3) is 2.98. The fraction of sp³-hybridized carbons (Fsp3) is 0.400. The number of rotatable bonds is 4. The SMILES string of the molecule is CCc1ccc([Se]CCN)cc1. The van der Waals surface area contributed by atoms with Crippen molar-refractivity contribution in [3.8, 4) is 0 Å². The van der Waals surface area contributed by atoms with Crippen molar-refractivity contribution in [2.24, 2.45) is 5.73 Å². The van der Waals surface area contributed by atoms with Crippen molar-refractivity contribution in [1.29, 1.82) is 0 Å². The van der Waals surface area contributed by atoms with Crippen LogP contribution in [0, 0.1) is 0 Å². The molecular formula is C10H15NSe. The zero-order valence-corrected chi connectivity index (χ0v) is 9.13. The summed E-state index contributed by atoms with van der Waals surface area (Å²) >= 11 is 0.584. The molecule has 1 aromatic rings.